The summed E-state index contributed by atoms with van der Waals surface area (Å²) in [7, 11) is 0. The zero-order valence-electron chi connectivity index (χ0n) is 14.2. The molecule has 1 fully saturated rings. The zero-order chi connectivity index (χ0) is 16.4. The van der Waals surface area contributed by atoms with Gasteiger partial charge in [-0.2, -0.15) is 0 Å². The lowest BCUT2D eigenvalue weighted by Crippen LogP contribution is -2.53. The number of carboxylic acid groups (broad SMARTS) is 1. The maximum atomic E-state index is 12.2. The van der Waals surface area contributed by atoms with Crippen molar-refractivity contribution in [3.63, 3.8) is 0 Å². The highest BCUT2D eigenvalue weighted by molar-refractivity contribution is 5.79. The lowest BCUT2D eigenvalue weighted by atomic mass is 9.83. The minimum atomic E-state index is -0.870. The van der Waals surface area contributed by atoms with Crippen molar-refractivity contribution in [3.8, 4) is 0 Å². The molecule has 5 nitrogen and oxygen atoms in total. The number of carbonyl (C=O) groups is 2. The van der Waals surface area contributed by atoms with Crippen molar-refractivity contribution < 1.29 is 14.7 Å². The first-order valence-electron chi connectivity index (χ1n) is 7.76. The molecule has 0 aromatic carbocycles. The second-order valence-corrected chi connectivity index (χ2v) is 8.07. The molecule has 0 unspecified atom stereocenters. The van der Waals surface area contributed by atoms with E-state index in [0.717, 1.165) is 25.7 Å². The predicted octanol–water partition coefficient (Wildman–Crippen LogP) is 3.24. The summed E-state index contributed by atoms with van der Waals surface area (Å²) in [6.45, 7) is 11.7. The number of rotatable bonds is 2. The standard InChI is InChI=1S/C16H30N2O3/c1-15(2,3)17-13(19)11-7-9-12(10-8-11)18(14(20)21)16(4,5)6/h11-12H,7-10H2,1-6H3,(H,17,19)(H,20,21). The summed E-state index contributed by atoms with van der Waals surface area (Å²) >= 11 is 0. The Morgan fingerprint density at radius 2 is 1.48 bits per heavy atom. The van der Waals surface area contributed by atoms with Gasteiger partial charge in [-0.05, 0) is 67.2 Å². The van der Waals surface area contributed by atoms with Crippen LogP contribution in [0.1, 0.15) is 67.2 Å². The summed E-state index contributed by atoms with van der Waals surface area (Å²) in [6, 6.07) is 0.0150. The monoisotopic (exact) mass is 298 g/mol. The summed E-state index contributed by atoms with van der Waals surface area (Å²) in [5.41, 5.74) is -0.622. The van der Waals surface area contributed by atoms with Crippen molar-refractivity contribution in [1.82, 2.24) is 10.2 Å². The molecule has 122 valence electrons. The fourth-order valence-corrected chi connectivity index (χ4v) is 3.06. The second-order valence-electron chi connectivity index (χ2n) is 8.07. The largest absolute Gasteiger partial charge is 0.465 e. The Morgan fingerprint density at radius 1 is 1.00 bits per heavy atom. The van der Waals surface area contributed by atoms with Gasteiger partial charge in [0, 0.05) is 23.0 Å². The Kier molecular flexibility index (Phi) is 5.29. The van der Waals surface area contributed by atoms with Gasteiger partial charge in [-0.15, -0.1) is 0 Å². The molecule has 0 aliphatic heterocycles. The minimum Gasteiger partial charge on any atom is -0.465 e. The van der Waals surface area contributed by atoms with Crippen LogP contribution in [0, 0.1) is 5.92 Å². The average Bonchev–Trinajstić information content (AvgIpc) is 2.24. The van der Waals surface area contributed by atoms with Crippen molar-refractivity contribution in [1.29, 1.82) is 0 Å². The van der Waals surface area contributed by atoms with E-state index in [-0.39, 0.29) is 23.4 Å². The molecular weight excluding hydrogens is 268 g/mol. The highest BCUT2D eigenvalue weighted by Gasteiger charge is 2.37. The van der Waals surface area contributed by atoms with Crippen LogP contribution in [0.25, 0.3) is 0 Å². The molecule has 0 saturated heterocycles. The first-order chi connectivity index (χ1) is 9.42. The van der Waals surface area contributed by atoms with Crippen LogP contribution in [0.15, 0.2) is 0 Å². The van der Waals surface area contributed by atoms with Gasteiger partial charge in [-0.3, -0.25) is 4.79 Å². The van der Waals surface area contributed by atoms with Crippen LogP contribution in [0.5, 0.6) is 0 Å². The molecule has 2 amide bonds. The topological polar surface area (TPSA) is 69.6 Å². The third-order valence-electron chi connectivity index (χ3n) is 3.86. The SMILES string of the molecule is CC(C)(C)NC(=O)C1CCC(N(C(=O)O)C(C)(C)C)CC1. The Balaban J connectivity index is 2.63. The van der Waals surface area contributed by atoms with Gasteiger partial charge in [0.25, 0.3) is 0 Å². The van der Waals surface area contributed by atoms with Crippen LogP contribution in [0.2, 0.25) is 0 Å². The van der Waals surface area contributed by atoms with E-state index in [1.165, 1.54) is 0 Å². The van der Waals surface area contributed by atoms with Crippen molar-refractivity contribution >= 4 is 12.0 Å². The lowest BCUT2D eigenvalue weighted by Gasteiger charge is -2.42. The zero-order valence-corrected chi connectivity index (χ0v) is 14.2. The van der Waals surface area contributed by atoms with Crippen molar-refractivity contribution in [2.75, 3.05) is 0 Å². The van der Waals surface area contributed by atoms with Gasteiger partial charge in [0.1, 0.15) is 0 Å². The molecule has 1 aliphatic carbocycles. The van der Waals surface area contributed by atoms with Crippen molar-refractivity contribution in [2.45, 2.75) is 84.3 Å². The summed E-state index contributed by atoms with van der Waals surface area (Å²) in [5, 5.41) is 12.5. The highest BCUT2D eigenvalue weighted by atomic mass is 16.4. The van der Waals surface area contributed by atoms with Crippen LogP contribution >= 0.6 is 0 Å². The maximum Gasteiger partial charge on any atom is 0.407 e. The molecule has 0 aromatic rings. The Hall–Kier alpha value is -1.26. The van der Waals surface area contributed by atoms with Crippen LogP contribution in [0.4, 0.5) is 4.79 Å². The molecule has 1 saturated carbocycles. The highest BCUT2D eigenvalue weighted by Crippen LogP contribution is 2.31. The smallest absolute Gasteiger partial charge is 0.407 e. The fraction of sp³-hybridized carbons (Fsp3) is 0.875. The third kappa shape index (κ3) is 5.21. The second kappa shape index (κ2) is 6.24. The Morgan fingerprint density at radius 3 is 1.81 bits per heavy atom. The number of amides is 2. The lowest BCUT2D eigenvalue weighted by molar-refractivity contribution is -0.127. The summed E-state index contributed by atoms with van der Waals surface area (Å²) in [6.07, 6.45) is 2.15. The molecule has 0 radical (unpaired) electrons. The molecule has 0 spiro atoms. The van der Waals surface area contributed by atoms with E-state index in [9.17, 15) is 14.7 Å². The van der Waals surface area contributed by atoms with E-state index in [4.69, 9.17) is 0 Å². The number of nitrogens with one attached hydrogen (secondary N) is 1. The average molecular weight is 298 g/mol. The Bertz CT molecular complexity index is 385. The number of nitrogens with zero attached hydrogens (tertiary/aromatic N) is 1. The van der Waals surface area contributed by atoms with Gasteiger partial charge < -0.3 is 15.3 Å². The predicted molar refractivity (Wildman–Crippen MR) is 83.3 cm³/mol. The van der Waals surface area contributed by atoms with Gasteiger partial charge >= 0.3 is 6.09 Å². The van der Waals surface area contributed by atoms with Gasteiger partial charge in [0.2, 0.25) is 5.91 Å². The normalized spacial score (nSPS) is 23.5. The van der Waals surface area contributed by atoms with Gasteiger partial charge in [-0.25, -0.2) is 4.79 Å². The number of hydrogen-bond acceptors (Lipinski definition) is 2. The minimum absolute atomic E-state index is 0.0103. The fourth-order valence-electron chi connectivity index (χ4n) is 3.06. The van der Waals surface area contributed by atoms with Gasteiger partial charge in [-0.1, -0.05) is 0 Å². The quantitative estimate of drug-likeness (QED) is 0.822. The molecular formula is C16H30N2O3. The summed E-state index contributed by atoms with van der Waals surface area (Å²) in [4.78, 5) is 25.2. The third-order valence-corrected chi connectivity index (χ3v) is 3.86. The van der Waals surface area contributed by atoms with Crippen molar-refractivity contribution in [2.24, 2.45) is 5.92 Å². The van der Waals surface area contributed by atoms with Crippen molar-refractivity contribution in [3.05, 3.63) is 0 Å². The molecule has 0 aromatic heterocycles. The van der Waals surface area contributed by atoms with Crippen LogP contribution in [-0.2, 0) is 4.79 Å². The number of hydrogen-bond donors (Lipinski definition) is 2. The molecule has 2 N–H and O–H groups in total. The van der Waals surface area contributed by atoms with Crippen LogP contribution < -0.4 is 5.32 Å². The van der Waals surface area contributed by atoms with Gasteiger partial charge in [0.05, 0.1) is 0 Å². The molecule has 0 atom stereocenters. The maximum absolute atomic E-state index is 12.2. The molecule has 0 heterocycles. The molecule has 0 bridgehead atoms. The van der Waals surface area contributed by atoms with E-state index in [1.807, 2.05) is 41.5 Å². The molecule has 1 aliphatic rings. The van der Waals surface area contributed by atoms with Crippen LogP contribution in [-0.4, -0.2) is 39.1 Å². The van der Waals surface area contributed by atoms with E-state index >= 15 is 0 Å². The van der Waals surface area contributed by atoms with Gasteiger partial charge in [0.15, 0.2) is 0 Å². The van der Waals surface area contributed by atoms with E-state index in [2.05, 4.69) is 5.32 Å². The van der Waals surface area contributed by atoms with E-state index in [1.54, 1.807) is 4.90 Å². The first kappa shape index (κ1) is 17.8. The summed E-state index contributed by atoms with van der Waals surface area (Å²) < 4.78 is 0. The van der Waals surface area contributed by atoms with E-state index in [0.29, 0.717) is 0 Å². The molecule has 21 heavy (non-hydrogen) atoms. The van der Waals surface area contributed by atoms with Crippen LogP contribution in [0.3, 0.4) is 0 Å². The molecule has 5 heteroatoms. The Labute approximate surface area is 128 Å². The number of carbonyl (C=O) groups excluding carboxylic acids is 1. The molecule has 1 rings (SSSR count). The van der Waals surface area contributed by atoms with E-state index < -0.39 is 11.6 Å². The summed E-state index contributed by atoms with van der Waals surface area (Å²) in [5.74, 6) is 0.106. The first-order valence-corrected chi connectivity index (χ1v) is 7.76.